The Kier molecular flexibility index (Phi) is 5.41. The number of pyridine rings is 2. The largest absolute Gasteiger partial charge is 0.369 e. The fourth-order valence-corrected chi connectivity index (χ4v) is 5.07. The quantitative estimate of drug-likeness (QED) is 0.325. The maximum atomic E-state index is 13.8. The average Bonchev–Trinajstić information content (AvgIpc) is 2.83. The molecule has 0 aliphatic carbocycles. The predicted molar refractivity (Wildman–Crippen MR) is 140 cm³/mol. The Morgan fingerprint density at radius 1 is 0.727 bits per heavy atom. The van der Waals surface area contributed by atoms with Gasteiger partial charge in [-0.15, -0.1) is 0 Å². The van der Waals surface area contributed by atoms with Crippen molar-refractivity contribution in [3.8, 4) is 0 Å². The van der Waals surface area contributed by atoms with Crippen molar-refractivity contribution in [3.05, 3.63) is 74.5 Å². The summed E-state index contributed by atoms with van der Waals surface area (Å²) < 4.78 is 0. The van der Waals surface area contributed by atoms with Crippen LogP contribution in [0.15, 0.2) is 58.1 Å². The van der Waals surface area contributed by atoms with Gasteiger partial charge < -0.3 is 14.9 Å². The van der Waals surface area contributed by atoms with Crippen LogP contribution in [-0.4, -0.2) is 23.1 Å². The summed E-state index contributed by atoms with van der Waals surface area (Å²) in [4.78, 5) is 36.8. The van der Waals surface area contributed by atoms with E-state index in [1.807, 2.05) is 42.5 Å². The normalized spacial score (nSPS) is 11.7. The molecule has 0 amide bonds. The molecule has 168 valence electrons. The predicted octanol–water partition coefficient (Wildman–Crippen LogP) is 5.86. The van der Waals surface area contributed by atoms with Crippen LogP contribution >= 0.6 is 0 Å². The molecule has 0 bridgehead atoms. The Bertz CT molecular complexity index is 1620. The molecule has 0 radical (unpaired) electrons. The van der Waals surface area contributed by atoms with E-state index in [4.69, 9.17) is 0 Å². The smallest absolute Gasteiger partial charge is 0.199 e. The number of para-hydroxylation sites is 2. The average molecular weight is 440 g/mol. The number of nitrogens with one attached hydrogen (secondary N) is 2. The highest BCUT2D eigenvalue weighted by Crippen LogP contribution is 2.34. The summed E-state index contributed by atoms with van der Waals surface area (Å²) in [5.74, 6) is 0. The first-order chi connectivity index (χ1) is 16.1. The molecule has 0 aliphatic heterocycles. The van der Waals surface area contributed by atoms with Gasteiger partial charge in [-0.05, 0) is 49.1 Å². The van der Waals surface area contributed by atoms with E-state index < -0.39 is 0 Å². The Morgan fingerprint density at radius 2 is 1.45 bits per heavy atom. The van der Waals surface area contributed by atoms with Crippen LogP contribution < -0.4 is 15.8 Å². The molecule has 5 nitrogen and oxygen atoms in total. The molecule has 0 unspecified atom stereocenters. The van der Waals surface area contributed by atoms with Gasteiger partial charge in [-0.2, -0.15) is 0 Å². The molecule has 0 saturated carbocycles. The summed E-state index contributed by atoms with van der Waals surface area (Å²) in [7, 11) is 0. The Labute approximate surface area is 192 Å². The van der Waals surface area contributed by atoms with Crippen molar-refractivity contribution >= 4 is 49.3 Å². The number of aromatic nitrogens is 2. The van der Waals surface area contributed by atoms with Crippen molar-refractivity contribution in [3.63, 3.8) is 0 Å². The van der Waals surface area contributed by atoms with Crippen molar-refractivity contribution < 1.29 is 0 Å². The minimum absolute atomic E-state index is 0.000783. The number of aryl methyl sites for hydroxylation is 1. The first-order valence-electron chi connectivity index (χ1n) is 11.9. The standard InChI is InChI=1S/C28H29N3O2/c1-4-14-31(15-5-2)26-23-22(29-21-13-8-7-11-18(21)28(23)33)16-20-25(26)30-24-17(6-3)10-9-12-19(24)27(20)32/h7-13,16H,4-6,14-15H2,1-3H3,(H,29,33)(H,30,32). The van der Waals surface area contributed by atoms with Crippen LogP contribution in [0.1, 0.15) is 39.2 Å². The van der Waals surface area contributed by atoms with E-state index in [1.54, 1.807) is 0 Å². The number of nitrogens with zero attached hydrogens (tertiary/aromatic N) is 1. The van der Waals surface area contributed by atoms with Gasteiger partial charge in [-0.25, -0.2) is 0 Å². The van der Waals surface area contributed by atoms with E-state index in [1.165, 1.54) is 0 Å². The number of aromatic amines is 2. The van der Waals surface area contributed by atoms with E-state index in [0.29, 0.717) is 27.1 Å². The molecule has 0 aliphatic rings. The SMILES string of the molecule is CCCN(CCC)c1c2[nH]c3c(CC)cccc3c(=O)c2cc2[nH]c3ccccc3c(=O)c12. The maximum Gasteiger partial charge on any atom is 0.199 e. The fourth-order valence-electron chi connectivity index (χ4n) is 5.07. The lowest BCUT2D eigenvalue weighted by molar-refractivity contribution is 0.749. The lowest BCUT2D eigenvalue weighted by atomic mass is 10.0. The molecular formula is C28H29N3O2. The molecule has 0 saturated heterocycles. The van der Waals surface area contributed by atoms with Crippen LogP contribution in [0.5, 0.6) is 0 Å². The zero-order valence-corrected chi connectivity index (χ0v) is 19.4. The van der Waals surface area contributed by atoms with Crippen LogP contribution in [0.4, 0.5) is 5.69 Å². The summed E-state index contributed by atoms with van der Waals surface area (Å²) in [5.41, 5.74) is 5.04. The molecular weight excluding hydrogens is 410 g/mol. The van der Waals surface area contributed by atoms with Crippen LogP contribution in [0, 0.1) is 0 Å². The van der Waals surface area contributed by atoms with Crippen LogP contribution in [0.2, 0.25) is 0 Å². The Morgan fingerprint density at radius 3 is 2.18 bits per heavy atom. The number of hydrogen-bond donors (Lipinski definition) is 2. The van der Waals surface area contributed by atoms with Crippen molar-refractivity contribution in [1.29, 1.82) is 0 Å². The van der Waals surface area contributed by atoms with E-state index in [0.717, 1.165) is 60.2 Å². The van der Waals surface area contributed by atoms with Gasteiger partial charge in [0, 0.05) is 29.4 Å². The molecule has 2 aromatic heterocycles. The highest BCUT2D eigenvalue weighted by molar-refractivity contribution is 6.13. The molecule has 5 heteroatoms. The molecule has 2 N–H and O–H groups in total. The first kappa shape index (κ1) is 21.3. The minimum atomic E-state index is -0.00169. The van der Waals surface area contributed by atoms with Gasteiger partial charge in [0.05, 0.1) is 33.0 Å². The number of anilines is 1. The minimum Gasteiger partial charge on any atom is -0.369 e. The zero-order valence-electron chi connectivity index (χ0n) is 19.4. The first-order valence-corrected chi connectivity index (χ1v) is 11.9. The van der Waals surface area contributed by atoms with E-state index >= 15 is 0 Å². The van der Waals surface area contributed by atoms with Crippen LogP contribution in [0.25, 0.3) is 43.6 Å². The van der Waals surface area contributed by atoms with Crippen molar-refractivity contribution in [1.82, 2.24) is 9.97 Å². The second-order valence-corrected chi connectivity index (χ2v) is 8.70. The summed E-state index contributed by atoms with van der Waals surface area (Å²) in [6.45, 7) is 8.00. The van der Waals surface area contributed by atoms with Gasteiger partial charge in [0.15, 0.2) is 10.9 Å². The molecule has 5 rings (SSSR count). The molecule has 33 heavy (non-hydrogen) atoms. The number of rotatable bonds is 6. The van der Waals surface area contributed by atoms with Gasteiger partial charge in [0.25, 0.3) is 0 Å². The summed E-state index contributed by atoms with van der Waals surface area (Å²) >= 11 is 0. The number of hydrogen-bond acceptors (Lipinski definition) is 3. The summed E-state index contributed by atoms with van der Waals surface area (Å²) in [6, 6.07) is 15.3. The van der Waals surface area contributed by atoms with E-state index in [2.05, 4.69) is 41.7 Å². The maximum absolute atomic E-state index is 13.8. The van der Waals surface area contributed by atoms with Gasteiger partial charge >= 0.3 is 0 Å². The lowest BCUT2D eigenvalue weighted by Gasteiger charge is -2.27. The fraction of sp³-hybridized carbons (Fsp3) is 0.286. The number of H-pyrrole nitrogens is 2. The second-order valence-electron chi connectivity index (χ2n) is 8.70. The molecule has 3 aromatic carbocycles. The van der Waals surface area contributed by atoms with Crippen LogP contribution in [-0.2, 0) is 6.42 Å². The topological polar surface area (TPSA) is 69.0 Å². The van der Waals surface area contributed by atoms with Gasteiger partial charge in [-0.1, -0.05) is 45.0 Å². The molecule has 5 aromatic rings. The summed E-state index contributed by atoms with van der Waals surface area (Å²) in [6.07, 6.45) is 2.71. The lowest BCUT2D eigenvalue weighted by Crippen LogP contribution is -2.27. The molecule has 2 heterocycles. The monoisotopic (exact) mass is 439 g/mol. The molecule has 0 spiro atoms. The molecule has 0 fully saturated rings. The Balaban J connectivity index is 2.06. The van der Waals surface area contributed by atoms with E-state index in [9.17, 15) is 9.59 Å². The number of benzene rings is 3. The summed E-state index contributed by atoms with van der Waals surface area (Å²) in [5, 5.41) is 2.61. The number of fused-ring (bicyclic) bond motifs is 4. The van der Waals surface area contributed by atoms with Gasteiger partial charge in [0.1, 0.15) is 0 Å². The third-order valence-corrected chi connectivity index (χ3v) is 6.54. The third kappa shape index (κ3) is 3.30. The highest BCUT2D eigenvalue weighted by atomic mass is 16.1. The second kappa shape index (κ2) is 8.39. The van der Waals surface area contributed by atoms with Crippen molar-refractivity contribution in [2.75, 3.05) is 18.0 Å². The van der Waals surface area contributed by atoms with Gasteiger partial charge in [-0.3, -0.25) is 9.59 Å². The van der Waals surface area contributed by atoms with E-state index in [-0.39, 0.29) is 10.9 Å². The third-order valence-electron chi connectivity index (χ3n) is 6.54. The van der Waals surface area contributed by atoms with Crippen molar-refractivity contribution in [2.24, 2.45) is 0 Å². The highest BCUT2D eigenvalue weighted by Gasteiger charge is 2.21. The van der Waals surface area contributed by atoms with Crippen molar-refractivity contribution in [2.45, 2.75) is 40.0 Å². The van der Waals surface area contributed by atoms with Crippen LogP contribution in [0.3, 0.4) is 0 Å². The zero-order chi connectivity index (χ0) is 23.1. The Hall–Kier alpha value is -3.60. The molecule has 0 atom stereocenters. The van der Waals surface area contributed by atoms with Gasteiger partial charge in [0.2, 0.25) is 0 Å².